The number of rotatable bonds is 9. The molecular weight excluding hydrogens is 364 g/mol. The van der Waals surface area contributed by atoms with Crippen LogP contribution in [-0.4, -0.2) is 53.1 Å². The van der Waals surface area contributed by atoms with E-state index in [2.05, 4.69) is 15.1 Å². The molecular formula is C23H28N4O2. The van der Waals surface area contributed by atoms with E-state index in [9.17, 15) is 4.79 Å². The van der Waals surface area contributed by atoms with Crippen molar-refractivity contribution in [3.05, 3.63) is 71.6 Å². The Hall–Kier alpha value is -2.99. The lowest BCUT2D eigenvalue weighted by Gasteiger charge is -2.24. The zero-order valence-corrected chi connectivity index (χ0v) is 17.3. The second-order valence-corrected chi connectivity index (χ2v) is 7.47. The van der Waals surface area contributed by atoms with E-state index in [4.69, 9.17) is 4.42 Å². The maximum Gasteiger partial charge on any atom is 0.247 e. The summed E-state index contributed by atoms with van der Waals surface area (Å²) in [4.78, 5) is 16.8. The van der Waals surface area contributed by atoms with Crippen LogP contribution in [0.1, 0.15) is 23.4 Å². The average molecular weight is 393 g/mol. The first-order valence-corrected chi connectivity index (χ1v) is 9.87. The Kier molecular flexibility index (Phi) is 7.14. The summed E-state index contributed by atoms with van der Waals surface area (Å²) in [5.41, 5.74) is 3.19. The first-order valence-electron chi connectivity index (χ1n) is 9.87. The lowest BCUT2D eigenvalue weighted by atomic mass is 10.1. The SMILES string of the molecule is Cc1ccc(-c2nnc(CCC(=O)N(CCN(C)C)Cc3ccccc3)o2)cc1. The van der Waals surface area contributed by atoms with Crippen molar-refractivity contribution in [1.82, 2.24) is 20.0 Å². The van der Waals surface area contributed by atoms with E-state index in [1.807, 2.05) is 80.5 Å². The molecule has 0 saturated carbocycles. The monoisotopic (exact) mass is 392 g/mol. The van der Waals surface area contributed by atoms with Gasteiger partial charge in [-0.3, -0.25) is 4.79 Å². The largest absolute Gasteiger partial charge is 0.421 e. The van der Waals surface area contributed by atoms with Gasteiger partial charge in [0.15, 0.2) is 0 Å². The fourth-order valence-corrected chi connectivity index (χ4v) is 2.96. The van der Waals surface area contributed by atoms with Gasteiger partial charge in [0.1, 0.15) is 0 Å². The Morgan fingerprint density at radius 1 is 0.966 bits per heavy atom. The van der Waals surface area contributed by atoms with Gasteiger partial charge in [0.05, 0.1) is 0 Å². The summed E-state index contributed by atoms with van der Waals surface area (Å²) in [7, 11) is 4.02. The smallest absolute Gasteiger partial charge is 0.247 e. The van der Waals surface area contributed by atoms with Crippen molar-refractivity contribution < 1.29 is 9.21 Å². The van der Waals surface area contributed by atoms with Crippen LogP contribution in [0.4, 0.5) is 0 Å². The van der Waals surface area contributed by atoms with Crippen molar-refractivity contribution in [3.8, 4) is 11.5 Å². The van der Waals surface area contributed by atoms with Gasteiger partial charge in [-0.2, -0.15) is 0 Å². The second-order valence-electron chi connectivity index (χ2n) is 7.47. The van der Waals surface area contributed by atoms with Gasteiger partial charge < -0.3 is 14.2 Å². The minimum absolute atomic E-state index is 0.0887. The van der Waals surface area contributed by atoms with Crippen molar-refractivity contribution in [2.75, 3.05) is 27.2 Å². The fourth-order valence-electron chi connectivity index (χ4n) is 2.96. The molecule has 0 N–H and O–H groups in total. The summed E-state index contributed by atoms with van der Waals surface area (Å²) < 4.78 is 5.76. The summed E-state index contributed by atoms with van der Waals surface area (Å²) in [6.07, 6.45) is 0.779. The number of hydrogen-bond acceptors (Lipinski definition) is 5. The number of hydrogen-bond donors (Lipinski definition) is 0. The molecule has 0 radical (unpaired) electrons. The molecule has 0 bridgehead atoms. The van der Waals surface area contributed by atoms with E-state index in [-0.39, 0.29) is 5.91 Å². The number of amides is 1. The number of benzene rings is 2. The maximum atomic E-state index is 12.9. The Morgan fingerprint density at radius 2 is 1.69 bits per heavy atom. The molecule has 1 amide bonds. The van der Waals surface area contributed by atoms with Gasteiger partial charge in [-0.15, -0.1) is 10.2 Å². The predicted octanol–water partition coefficient (Wildman–Crippen LogP) is 3.57. The average Bonchev–Trinajstić information content (AvgIpc) is 3.19. The van der Waals surface area contributed by atoms with Crippen LogP contribution in [0.25, 0.3) is 11.5 Å². The second kappa shape index (κ2) is 9.98. The predicted molar refractivity (Wildman–Crippen MR) is 113 cm³/mol. The molecule has 6 nitrogen and oxygen atoms in total. The highest BCUT2D eigenvalue weighted by Gasteiger charge is 2.16. The third kappa shape index (κ3) is 6.26. The quantitative estimate of drug-likeness (QED) is 0.557. The minimum atomic E-state index is 0.0887. The van der Waals surface area contributed by atoms with Crippen LogP contribution in [0.5, 0.6) is 0 Å². The molecule has 0 atom stereocenters. The van der Waals surface area contributed by atoms with Gasteiger partial charge in [0.2, 0.25) is 17.7 Å². The minimum Gasteiger partial charge on any atom is -0.421 e. The molecule has 6 heteroatoms. The van der Waals surface area contributed by atoms with Crippen molar-refractivity contribution >= 4 is 5.91 Å². The van der Waals surface area contributed by atoms with Crippen LogP contribution < -0.4 is 0 Å². The van der Waals surface area contributed by atoms with Crippen LogP contribution in [0, 0.1) is 6.92 Å². The van der Waals surface area contributed by atoms with Gasteiger partial charge in [-0.05, 0) is 38.7 Å². The number of nitrogens with zero attached hydrogens (tertiary/aromatic N) is 4. The van der Waals surface area contributed by atoms with E-state index in [1.165, 1.54) is 5.56 Å². The molecule has 1 heterocycles. The standard InChI is InChI=1S/C23H28N4O2/c1-18-9-11-20(12-10-18)23-25-24-21(29-23)13-14-22(28)27(16-15-26(2)3)17-19-7-5-4-6-8-19/h4-12H,13-17H2,1-3H3. The molecule has 0 spiro atoms. The van der Waals surface area contributed by atoms with Crippen LogP contribution in [0.15, 0.2) is 59.0 Å². The molecule has 0 saturated heterocycles. The van der Waals surface area contributed by atoms with Crippen molar-refractivity contribution in [1.29, 1.82) is 0 Å². The zero-order valence-electron chi connectivity index (χ0n) is 17.3. The van der Waals surface area contributed by atoms with Crippen LogP contribution in [0.3, 0.4) is 0 Å². The number of carbonyl (C=O) groups excluding carboxylic acids is 1. The molecule has 29 heavy (non-hydrogen) atoms. The van der Waals surface area contributed by atoms with Gasteiger partial charge in [-0.1, -0.05) is 48.0 Å². The molecule has 3 rings (SSSR count). The Morgan fingerprint density at radius 3 is 2.38 bits per heavy atom. The van der Waals surface area contributed by atoms with E-state index < -0.39 is 0 Å². The molecule has 0 aliphatic carbocycles. The normalized spacial score (nSPS) is 11.0. The summed E-state index contributed by atoms with van der Waals surface area (Å²) in [5.74, 6) is 1.06. The molecule has 1 aromatic heterocycles. The Bertz CT molecular complexity index is 904. The Labute approximate surface area is 172 Å². The third-order valence-corrected chi connectivity index (χ3v) is 4.70. The van der Waals surface area contributed by atoms with Crippen molar-refractivity contribution in [2.24, 2.45) is 0 Å². The summed E-state index contributed by atoms with van der Waals surface area (Å²) >= 11 is 0. The lowest BCUT2D eigenvalue weighted by molar-refractivity contribution is -0.132. The summed E-state index contributed by atoms with van der Waals surface area (Å²) in [6.45, 7) is 4.13. The van der Waals surface area contributed by atoms with E-state index in [1.54, 1.807) is 0 Å². The highest BCUT2D eigenvalue weighted by atomic mass is 16.4. The number of aryl methyl sites for hydroxylation is 2. The third-order valence-electron chi connectivity index (χ3n) is 4.70. The number of likely N-dealkylation sites (N-methyl/N-ethyl adjacent to an activating group) is 1. The molecule has 3 aromatic rings. The van der Waals surface area contributed by atoms with Crippen LogP contribution in [-0.2, 0) is 17.8 Å². The van der Waals surface area contributed by atoms with E-state index in [0.717, 1.165) is 17.7 Å². The summed E-state index contributed by atoms with van der Waals surface area (Å²) in [5, 5.41) is 8.23. The molecule has 152 valence electrons. The lowest BCUT2D eigenvalue weighted by Crippen LogP contribution is -2.36. The van der Waals surface area contributed by atoms with Crippen molar-refractivity contribution in [3.63, 3.8) is 0 Å². The van der Waals surface area contributed by atoms with E-state index in [0.29, 0.717) is 37.7 Å². The molecule has 0 aliphatic heterocycles. The van der Waals surface area contributed by atoms with Gasteiger partial charge in [0.25, 0.3) is 0 Å². The fraction of sp³-hybridized carbons (Fsp3) is 0.348. The molecule has 2 aromatic carbocycles. The Balaban J connectivity index is 1.61. The van der Waals surface area contributed by atoms with Crippen LogP contribution >= 0.6 is 0 Å². The van der Waals surface area contributed by atoms with Gasteiger partial charge in [0, 0.05) is 38.0 Å². The van der Waals surface area contributed by atoms with E-state index >= 15 is 0 Å². The highest BCUT2D eigenvalue weighted by Crippen LogP contribution is 2.19. The zero-order chi connectivity index (χ0) is 20.6. The molecule has 0 aliphatic rings. The van der Waals surface area contributed by atoms with Gasteiger partial charge >= 0.3 is 0 Å². The van der Waals surface area contributed by atoms with Gasteiger partial charge in [-0.25, -0.2) is 0 Å². The molecule has 0 fully saturated rings. The van der Waals surface area contributed by atoms with Crippen LogP contribution in [0.2, 0.25) is 0 Å². The topological polar surface area (TPSA) is 62.5 Å². The number of aromatic nitrogens is 2. The highest BCUT2D eigenvalue weighted by molar-refractivity contribution is 5.76. The first-order chi connectivity index (χ1) is 14.0. The van der Waals surface area contributed by atoms with Crippen molar-refractivity contribution in [2.45, 2.75) is 26.3 Å². The number of carbonyl (C=O) groups is 1. The first kappa shape index (κ1) is 20.7. The molecule has 0 unspecified atom stereocenters. The maximum absolute atomic E-state index is 12.9. The summed E-state index contributed by atoms with van der Waals surface area (Å²) in [6, 6.07) is 18.0.